The highest BCUT2D eigenvalue weighted by Gasteiger charge is 2.48. The summed E-state index contributed by atoms with van der Waals surface area (Å²) in [6.45, 7) is 2.15. The lowest BCUT2D eigenvalue weighted by Gasteiger charge is -2.11. The van der Waals surface area contributed by atoms with E-state index in [9.17, 15) is 4.79 Å². The number of nitrogens with two attached hydrogens (primary N) is 1. The Balaban J connectivity index is 2.12. The Hall–Kier alpha value is -1.20. The SMILES string of the molecule is Cc1cc(Cl)nc(NC(=O)C2(CN)CC2)n1. The molecule has 3 N–H and O–H groups in total. The number of nitrogens with zero attached hydrogens (tertiary/aromatic N) is 2. The highest BCUT2D eigenvalue weighted by atomic mass is 35.5. The third kappa shape index (κ3) is 2.15. The lowest BCUT2D eigenvalue weighted by molar-refractivity contribution is -0.120. The molecule has 1 saturated carbocycles. The maximum atomic E-state index is 11.8. The summed E-state index contributed by atoms with van der Waals surface area (Å²) in [5.74, 6) is 0.131. The first-order chi connectivity index (χ1) is 7.55. The predicted molar refractivity (Wildman–Crippen MR) is 61.1 cm³/mol. The first-order valence-corrected chi connectivity index (χ1v) is 5.46. The van der Waals surface area contributed by atoms with Crippen molar-refractivity contribution in [1.29, 1.82) is 0 Å². The van der Waals surface area contributed by atoms with Gasteiger partial charge in [0.1, 0.15) is 5.15 Å². The minimum absolute atomic E-state index is 0.114. The van der Waals surface area contributed by atoms with Crippen molar-refractivity contribution in [1.82, 2.24) is 9.97 Å². The van der Waals surface area contributed by atoms with Crippen LogP contribution in [0.5, 0.6) is 0 Å². The second-order valence-electron chi connectivity index (χ2n) is 4.09. The summed E-state index contributed by atoms with van der Waals surface area (Å²) in [6, 6.07) is 1.63. The maximum absolute atomic E-state index is 11.8. The second-order valence-corrected chi connectivity index (χ2v) is 4.48. The second kappa shape index (κ2) is 3.99. The highest BCUT2D eigenvalue weighted by Crippen LogP contribution is 2.45. The zero-order valence-electron chi connectivity index (χ0n) is 8.96. The van der Waals surface area contributed by atoms with Crippen molar-refractivity contribution in [2.75, 3.05) is 11.9 Å². The molecule has 5 nitrogen and oxygen atoms in total. The molecule has 1 heterocycles. The number of hydrogen-bond acceptors (Lipinski definition) is 4. The van der Waals surface area contributed by atoms with Crippen molar-refractivity contribution < 1.29 is 4.79 Å². The summed E-state index contributed by atoms with van der Waals surface area (Å²) < 4.78 is 0. The number of carbonyl (C=O) groups excluding carboxylic acids is 1. The van der Waals surface area contributed by atoms with Crippen LogP contribution in [-0.4, -0.2) is 22.4 Å². The summed E-state index contributed by atoms with van der Waals surface area (Å²) in [5.41, 5.74) is 5.87. The molecule has 1 fully saturated rings. The summed E-state index contributed by atoms with van der Waals surface area (Å²) in [4.78, 5) is 19.8. The van der Waals surface area contributed by atoms with E-state index in [4.69, 9.17) is 17.3 Å². The van der Waals surface area contributed by atoms with Crippen LogP contribution in [0, 0.1) is 12.3 Å². The van der Waals surface area contributed by atoms with Gasteiger partial charge in [0.25, 0.3) is 0 Å². The number of amides is 1. The fourth-order valence-electron chi connectivity index (χ4n) is 1.49. The largest absolute Gasteiger partial charge is 0.329 e. The molecule has 0 aliphatic heterocycles. The Morgan fingerprint density at radius 2 is 2.31 bits per heavy atom. The van der Waals surface area contributed by atoms with Gasteiger partial charge in [-0.3, -0.25) is 10.1 Å². The van der Waals surface area contributed by atoms with Crippen LogP contribution in [-0.2, 0) is 4.79 Å². The lowest BCUT2D eigenvalue weighted by atomic mass is 10.1. The minimum atomic E-state index is -0.403. The van der Waals surface area contributed by atoms with Crippen LogP contribution in [0.2, 0.25) is 5.15 Å². The van der Waals surface area contributed by atoms with E-state index in [1.165, 1.54) is 0 Å². The zero-order valence-corrected chi connectivity index (χ0v) is 9.71. The van der Waals surface area contributed by atoms with Gasteiger partial charge < -0.3 is 5.73 Å². The number of aromatic nitrogens is 2. The Labute approximate surface area is 98.4 Å². The van der Waals surface area contributed by atoms with Crippen molar-refractivity contribution in [3.05, 3.63) is 16.9 Å². The Kier molecular flexibility index (Phi) is 2.82. The van der Waals surface area contributed by atoms with E-state index in [2.05, 4.69) is 15.3 Å². The molecule has 0 unspecified atom stereocenters. The van der Waals surface area contributed by atoms with Crippen LogP contribution in [0.15, 0.2) is 6.07 Å². The van der Waals surface area contributed by atoms with Gasteiger partial charge in [0.05, 0.1) is 5.41 Å². The number of anilines is 1. The Morgan fingerprint density at radius 1 is 1.62 bits per heavy atom. The van der Waals surface area contributed by atoms with Gasteiger partial charge in [0.2, 0.25) is 11.9 Å². The van der Waals surface area contributed by atoms with Gasteiger partial charge in [0, 0.05) is 12.2 Å². The number of rotatable bonds is 3. The normalized spacial score (nSPS) is 16.9. The zero-order chi connectivity index (χ0) is 11.8. The number of halogens is 1. The number of hydrogen-bond donors (Lipinski definition) is 2. The molecule has 0 aromatic carbocycles. The number of carbonyl (C=O) groups is 1. The number of aryl methyl sites for hydroxylation is 1. The molecule has 86 valence electrons. The van der Waals surface area contributed by atoms with E-state index < -0.39 is 5.41 Å². The van der Waals surface area contributed by atoms with E-state index in [0.29, 0.717) is 17.4 Å². The molecular formula is C10H13ClN4O. The first kappa shape index (κ1) is 11.3. The van der Waals surface area contributed by atoms with E-state index in [1.54, 1.807) is 13.0 Å². The van der Waals surface area contributed by atoms with Gasteiger partial charge in [-0.1, -0.05) is 11.6 Å². The highest BCUT2D eigenvalue weighted by molar-refractivity contribution is 6.29. The molecular weight excluding hydrogens is 228 g/mol. The topological polar surface area (TPSA) is 80.9 Å². The molecule has 0 bridgehead atoms. The van der Waals surface area contributed by atoms with Crippen molar-refractivity contribution in [3.63, 3.8) is 0 Å². The van der Waals surface area contributed by atoms with Crippen molar-refractivity contribution in [2.45, 2.75) is 19.8 Å². The van der Waals surface area contributed by atoms with E-state index >= 15 is 0 Å². The molecule has 1 aliphatic rings. The Bertz CT molecular complexity index is 411. The Morgan fingerprint density at radius 3 is 2.81 bits per heavy atom. The molecule has 1 aromatic heterocycles. The summed E-state index contributed by atoms with van der Waals surface area (Å²) in [6.07, 6.45) is 1.66. The molecule has 0 saturated heterocycles. The summed E-state index contributed by atoms with van der Waals surface area (Å²) >= 11 is 5.77. The third-order valence-electron chi connectivity index (χ3n) is 2.77. The van der Waals surface area contributed by atoms with Gasteiger partial charge in [0.15, 0.2) is 0 Å². The van der Waals surface area contributed by atoms with Gasteiger partial charge >= 0.3 is 0 Å². The fraction of sp³-hybridized carbons (Fsp3) is 0.500. The van der Waals surface area contributed by atoms with Crippen LogP contribution in [0.25, 0.3) is 0 Å². The standard InChI is InChI=1S/C10H13ClN4O/c1-6-4-7(11)14-9(13-6)15-8(16)10(5-12)2-3-10/h4H,2-3,5,12H2,1H3,(H,13,14,15,16). The molecule has 6 heteroatoms. The van der Waals surface area contributed by atoms with Crippen LogP contribution in [0.1, 0.15) is 18.5 Å². The fourth-order valence-corrected chi connectivity index (χ4v) is 1.73. The van der Waals surface area contributed by atoms with E-state index in [1.807, 2.05) is 0 Å². The van der Waals surface area contributed by atoms with Crippen LogP contribution < -0.4 is 11.1 Å². The smallest absolute Gasteiger partial charge is 0.234 e. The van der Waals surface area contributed by atoms with Crippen molar-refractivity contribution >= 4 is 23.5 Å². The van der Waals surface area contributed by atoms with Crippen LogP contribution in [0.3, 0.4) is 0 Å². The van der Waals surface area contributed by atoms with Crippen molar-refractivity contribution in [2.24, 2.45) is 11.1 Å². The predicted octanol–water partition coefficient (Wildman–Crippen LogP) is 1.12. The van der Waals surface area contributed by atoms with Crippen LogP contribution >= 0.6 is 11.6 Å². The summed E-state index contributed by atoms with van der Waals surface area (Å²) in [5, 5.41) is 2.97. The van der Waals surface area contributed by atoms with Gasteiger partial charge in [-0.25, -0.2) is 9.97 Å². The molecule has 0 spiro atoms. The van der Waals surface area contributed by atoms with E-state index in [0.717, 1.165) is 12.8 Å². The average molecular weight is 241 g/mol. The minimum Gasteiger partial charge on any atom is -0.329 e. The van der Waals surface area contributed by atoms with Gasteiger partial charge in [-0.05, 0) is 25.8 Å². The number of nitrogens with one attached hydrogen (secondary N) is 1. The van der Waals surface area contributed by atoms with E-state index in [-0.39, 0.29) is 11.9 Å². The quantitative estimate of drug-likeness (QED) is 0.776. The molecule has 1 aromatic rings. The molecule has 1 amide bonds. The molecule has 1 aliphatic carbocycles. The molecule has 16 heavy (non-hydrogen) atoms. The van der Waals surface area contributed by atoms with Gasteiger partial charge in [-0.15, -0.1) is 0 Å². The molecule has 0 atom stereocenters. The van der Waals surface area contributed by atoms with Crippen molar-refractivity contribution in [3.8, 4) is 0 Å². The molecule has 0 radical (unpaired) electrons. The molecule has 2 rings (SSSR count). The van der Waals surface area contributed by atoms with Crippen LogP contribution in [0.4, 0.5) is 5.95 Å². The first-order valence-electron chi connectivity index (χ1n) is 5.08. The lowest BCUT2D eigenvalue weighted by Crippen LogP contribution is -2.31. The average Bonchev–Trinajstić information content (AvgIpc) is 2.96. The summed E-state index contributed by atoms with van der Waals surface area (Å²) in [7, 11) is 0. The maximum Gasteiger partial charge on any atom is 0.234 e. The van der Waals surface area contributed by atoms with Gasteiger partial charge in [-0.2, -0.15) is 0 Å². The monoisotopic (exact) mass is 240 g/mol. The third-order valence-corrected chi connectivity index (χ3v) is 2.97.